The Morgan fingerprint density at radius 1 is 1.04 bits per heavy atom. The van der Waals surface area contributed by atoms with Gasteiger partial charge in [0.15, 0.2) is 0 Å². The van der Waals surface area contributed by atoms with Gasteiger partial charge in [0, 0.05) is 6.42 Å². The lowest BCUT2D eigenvalue weighted by molar-refractivity contribution is -0.139. The van der Waals surface area contributed by atoms with Crippen LogP contribution in [0.4, 0.5) is 0 Å². The van der Waals surface area contributed by atoms with Crippen molar-refractivity contribution >= 4 is 5.91 Å². The van der Waals surface area contributed by atoms with Crippen LogP contribution < -0.4 is 4.74 Å². The van der Waals surface area contributed by atoms with E-state index in [0.717, 1.165) is 12.2 Å². The van der Waals surface area contributed by atoms with Gasteiger partial charge in [-0.25, -0.2) is 0 Å². The molecule has 3 heteroatoms. The van der Waals surface area contributed by atoms with Crippen molar-refractivity contribution < 1.29 is 9.53 Å². The third-order valence-corrected chi connectivity index (χ3v) is 4.66. The van der Waals surface area contributed by atoms with E-state index in [1.807, 2.05) is 41.3 Å². The first-order valence-corrected chi connectivity index (χ1v) is 9.01. The summed E-state index contributed by atoms with van der Waals surface area (Å²) in [4.78, 5) is 14.2. The molecular weight excluding hydrogens is 310 g/mol. The van der Waals surface area contributed by atoms with Gasteiger partial charge < -0.3 is 9.64 Å². The molecule has 0 spiro atoms. The van der Waals surface area contributed by atoms with Gasteiger partial charge in [0.2, 0.25) is 5.91 Å². The maximum Gasteiger partial charge on any atom is 0.223 e. The van der Waals surface area contributed by atoms with Crippen LogP contribution >= 0.6 is 0 Å². The minimum atomic E-state index is 0.0472. The molecule has 1 aliphatic rings. The number of rotatable bonds is 5. The van der Waals surface area contributed by atoms with Crippen LogP contribution in [0.3, 0.4) is 0 Å². The largest absolute Gasteiger partial charge is 0.486 e. The normalized spacial score (nSPS) is 14.9. The van der Waals surface area contributed by atoms with Gasteiger partial charge in [0.25, 0.3) is 0 Å². The predicted molar refractivity (Wildman–Crippen MR) is 101 cm³/mol. The third kappa shape index (κ3) is 4.41. The Morgan fingerprint density at radius 3 is 2.36 bits per heavy atom. The Morgan fingerprint density at radius 2 is 1.68 bits per heavy atom. The van der Waals surface area contributed by atoms with Gasteiger partial charge >= 0.3 is 0 Å². The van der Waals surface area contributed by atoms with Crippen molar-refractivity contribution in [2.45, 2.75) is 45.1 Å². The van der Waals surface area contributed by atoms with E-state index in [9.17, 15) is 4.79 Å². The number of carbonyl (C=O) groups excluding carboxylic acids is 1. The van der Waals surface area contributed by atoms with Crippen LogP contribution in [0.1, 0.15) is 38.3 Å². The minimum absolute atomic E-state index is 0.0472. The molecule has 1 heterocycles. The summed E-state index contributed by atoms with van der Waals surface area (Å²) in [6, 6.07) is 18.4. The number of para-hydroxylation sites is 1. The summed E-state index contributed by atoms with van der Waals surface area (Å²) in [6.45, 7) is 7.94. The zero-order valence-electron chi connectivity index (χ0n) is 15.4. The van der Waals surface area contributed by atoms with Crippen LogP contribution in [0, 0.1) is 0 Å². The fourth-order valence-electron chi connectivity index (χ4n) is 3.14. The molecule has 0 bridgehead atoms. The summed E-state index contributed by atoms with van der Waals surface area (Å²) >= 11 is 0. The zero-order chi connectivity index (χ0) is 17.9. The second-order valence-electron chi connectivity index (χ2n) is 7.77. The van der Waals surface area contributed by atoms with Crippen molar-refractivity contribution in [3.8, 4) is 5.75 Å². The summed E-state index contributed by atoms with van der Waals surface area (Å²) in [5.74, 6) is 1.16. The highest BCUT2D eigenvalue weighted by Crippen LogP contribution is 2.32. The van der Waals surface area contributed by atoms with Crippen molar-refractivity contribution in [1.29, 1.82) is 0 Å². The van der Waals surface area contributed by atoms with E-state index in [0.29, 0.717) is 19.5 Å². The maximum absolute atomic E-state index is 12.3. The molecule has 1 fully saturated rings. The van der Waals surface area contributed by atoms with Crippen molar-refractivity contribution in [3.63, 3.8) is 0 Å². The minimum Gasteiger partial charge on any atom is -0.486 e. The van der Waals surface area contributed by atoms with E-state index in [1.165, 1.54) is 11.1 Å². The molecule has 132 valence electrons. The topological polar surface area (TPSA) is 29.5 Å². The molecule has 2 aromatic rings. The van der Waals surface area contributed by atoms with Gasteiger partial charge in [-0.1, -0.05) is 69.3 Å². The first kappa shape index (κ1) is 17.5. The van der Waals surface area contributed by atoms with Crippen LogP contribution in [-0.4, -0.2) is 30.0 Å². The summed E-state index contributed by atoms with van der Waals surface area (Å²) < 4.78 is 6.16. The highest BCUT2D eigenvalue weighted by molar-refractivity contribution is 5.77. The molecule has 3 rings (SSSR count). The number of ether oxygens (including phenoxy) is 1. The van der Waals surface area contributed by atoms with E-state index >= 15 is 0 Å². The van der Waals surface area contributed by atoms with Crippen LogP contribution in [0.25, 0.3) is 0 Å². The molecule has 1 aliphatic heterocycles. The van der Waals surface area contributed by atoms with Gasteiger partial charge in [-0.05, 0) is 29.0 Å². The van der Waals surface area contributed by atoms with E-state index in [-0.39, 0.29) is 17.4 Å². The Kier molecular flexibility index (Phi) is 5.12. The smallest absolute Gasteiger partial charge is 0.223 e. The van der Waals surface area contributed by atoms with Crippen LogP contribution in [-0.2, 0) is 16.6 Å². The number of hydrogen-bond donors (Lipinski definition) is 0. The molecular formula is C22H27NO2. The molecule has 0 radical (unpaired) electrons. The predicted octanol–water partition coefficient (Wildman–Crippen LogP) is 4.21. The van der Waals surface area contributed by atoms with Crippen LogP contribution in [0.5, 0.6) is 5.75 Å². The lowest BCUT2D eigenvalue weighted by Gasteiger charge is -2.40. The fraction of sp³-hybridized carbons (Fsp3) is 0.409. The summed E-state index contributed by atoms with van der Waals surface area (Å²) in [7, 11) is 0. The fourth-order valence-corrected chi connectivity index (χ4v) is 3.14. The number of nitrogens with zero attached hydrogens (tertiary/aromatic N) is 1. The Balaban J connectivity index is 1.49. The number of benzene rings is 2. The maximum atomic E-state index is 12.3. The average molecular weight is 337 g/mol. The van der Waals surface area contributed by atoms with Crippen molar-refractivity contribution in [3.05, 3.63) is 65.7 Å². The van der Waals surface area contributed by atoms with Crippen LogP contribution in [0.15, 0.2) is 54.6 Å². The van der Waals surface area contributed by atoms with Crippen molar-refractivity contribution in [1.82, 2.24) is 4.90 Å². The molecule has 1 amide bonds. The van der Waals surface area contributed by atoms with Gasteiger partial charge in [-0.3, -0.25) is 4.79 Å². The molecule has 1 saturated heterocycles. The molecule has 3 nitrogen and oxygen atoms in total. The average Bonchev–Trinajstić information content (AvgIpc) is 2.56. The van der Waals surface area contributed by atoms with Crippen molar-refractivity contribution in [2.75, 3.05) is 13.1 Å². The van der Waals surface area contributed by atoms with Gasteiger partial charge in [-0.2, -0.15) is 0 Å². The first-order chi connectivity index (χ1) is 11.9. The number of aryl methyl sites for hydroxylation is 1. The molecule has 0 unspecified atom stereocenters. The number of amides is 1. The second kappa shape index (κ2) is 7.30. The Hall–Kier alpha value is -2.29. The van der Waals surface area contributed by atoms with E-state index < -0.39 is 0 Å². The SMILES string of the molecule is CC(C)(C)c1ccccc1OC1CN(C(=O)CCc2ccccc2)C1. The molecule has 2 aromatic carbocycles. The Labute approximate surface area is 150 Å². The van der Waals surface area contributed by atoms with Crippen LogP contribution in [0.2, 0.25) is 0 Å². The lowest BCUT2D eigenvalue weighted by Crippen LogP contribution is -2.56. The summed E-state index contributed by atoms with van der Waals surface area (Å²) in [5, 5.41) is 0. The molecule has 0 aromatic heterocycles. The van der Waals surface area contributed by atoms with Gasteiger partial charge in [0.1, 0.15) is 11.9 Å². The third-order valence-electron chi connectivity index (χ3n) is 4.66. The van der Waals surface area contributed by atoms with E-state index in [2.05, 4.69) is 39.0 Å². The molecule has 25 heavy (non-hydrogen) atoms. The van der Waals surface area contributed by atoms with E-state index in [4.69, 9.17) is 4.74 Å². The molecule has 0 N–H and O–H groups in total. The molecule has 0 saturated carbocycles. The molecule has 0 atom stereocenters. The lowest BCUT2D eigenvalue weighted by atomic mass is 9.86. The Bertz CT molecular complexity index is 712. The highest BCUT2D eigenvalue weighted by atomic mass is 16.5. The standard InChI is InChI=1S/C22H27NO2/c1-22(2,3)19-11-7-8-12-20(19)25-18-15-23(16-18)21(24)14-13-17-9-5-4-6-10-17/h4-12,18H,13-16H2,1-3H3. The highest BCUT2D eigenvalue weighted by Gasteiger charge is 2.32. The number of likely N-dealkylation sites (tertiary alicyclic amines) is 1. The first-order valence-electron chi connectivity index (χ1n) is 9.01. The van der Waals surface area contributed by atoms with E-state index in [1.54, 1.807) is 0 Å². The summed E-state index contributed by atoms with van der Waals surface area (Å²) in [6.07, 6.45) is 1.47. The number of carbonyl (C=O) groups is 1. The second-order valence-corrected chi connectivity index (χ2v) is 7.77. The number of hydrogen-bond acceptors (Lipinski definition) is 2. The summed E-state index contributed by atoms with van der Waals surface area (Å²) in [5.41, 5.74) is 2.47. The zero-order valence-corrected chi connectivity index (χ0v) is 15.4. The van der Waals surface area contributed by atoms with Crippen molar-refractivity contribution in [2.24, 2.45) is 0 Å². The monoisotopic (exact) mass is 337 g/mol. The van der Waals surface area contributed by atoms with Gasteiger partial charge in [0.05, 0.1) is 13.1 Å². The van der Waals surface area contributed by atoms with Gasteiger partial charge in [-0.15, -0.1) is 0 Å². The molecule has 0 aliphatic carbocycles. The quantitative estimate of drug-likeness (QED) is 0.818.